The van der Waals surface area contributed by atoms with Crippen molar-refractivity contribution >= 4 is 34.4 Å². The number of hydrogen-bond acceptors (Lipinski definition) is 6. The number of amides is 1. The van der Waals surface area contributed by atoms with Gasteiger partial charge in [0, 0.05) is 11.9 Å². The van der Waals surface area contributed by atoms with Crippen LogP contribution in [0.1, 0.15) is 53.9 Å². The number of ether oxygens (including phenoxy) is 3. The maximum atomic E-state index is 13.3. The second-order valence-corrected chi connectivity index (χ2v) is 9.24. The summed E-state index contributed by atoms with van der Waals surface area (Å²) in [6, 6.07) is 13.3. The Labute approximate surface area is 211 Å². The van der Waals surface area contributed by atoms with E-state index in [9.17, 15) is 9.59 Å². The van der Waals surface area contributed by atoms with Crippen LogP contribution in [0.3, 0.4) is 0 Å². The van der Waals surface area contributed by atoms with Crippen LogP contribution in [-0.4, -0.2) is 44.2 Å². The molecule has 7 nitrogen and oxygen atoms in total. The molecule has 0 saturated carbocycles. The first-order valence-corrected chi connectivity index (χ1v) is 12.2. The largest absolute Gasteiger partial charge is 0.493 e. The Hall–Kier alpha value is -3.87. The first kappa shape index (κ1) is 25.2. The van der Waals surface area contributed by atoms with Crippen molar-refractivity contribution < 1.29 is 23.8 Å². The predicted octanol–water partition coefficient (Wildman–Crippen LogP) is 5.06. The molecule has 1 aliphatic rings. The molecule has 0 aliphatic heterocycles. The summed E-state index contributed by atoms with van der Waals surface area (Å²) in [7, 11) is 3.22. The molecule has 0 saturated heterocycles. The summed E-state index contributed by atoms with van der Waals surface area (Å²) in [5.41, 5.74) is 4.86. The molecule has 1 N–H and O–H groups in total. The number of carbonyl (C=O) groups excluding carboxylic acids is 2. The number of rotatable bonds is 8. The maximum Gasteiger partial charge on any atom is 0.339 e. The van der Waals surface area contributed by atoms with Crippen molar-refractivity contribution in [1.82, 2.24) is 10.3 Å². The third-order valence-corrected chi connectivity index (χ3v) is 6.16. The number of benzene rings is 2. The minimum absolute atomic E-state index is 0.307. The summed E-state index contributed by atoms with van der Waals surface area (Å²) in [4.78, 5) is 30.4. The molecule has 188 valence electrons. The lowest BCUT2D eigenvalue weighted by atomic mass is 9.86. The van der Waals surface area contributed by atoms with Crippen molar-refractivity contribution in [3.63, 3.8) is 0 Å². The van der Waals surface area contributed by atoms with Crippen LogP contribution >= 0.6 is 0 Å². The minimum Gasteiger partial charge on any atom is -0.493 e. The fraction of sp³-hybridized carbons (Fsp3) is 0.345. The highest BCUT2D eigenvalue weighted by molar-refractivity contribution is 6.07. The SMILES string of the molecule is COc1ccc(/C=C2\CCCc3c2nc2ccccc2c3C(=O)OCC(=O)NCC(C)C)cc1OC. The van der Waals surface area contributed by atoms with E-state index in [0.717, 1.165) is 40.6 Å². The van der Waals surface area contributed by atoms with Crippen molar-refractivity contribution in [1.29, 1.82) is 0 Å². The van der Waals surface area contributed by atoms with E-state index in [1.807, 2.05) is 56.3 Å². The van der Waals surface area contributed by atoms with Gasteiger partial charge in [0.1, 0.15) is 0 Å². The number of pyridine rings is 1. The van der Waals surface area contributed by atoms with Gasteiger partial charge in [0.05, 0.1) is 31.0 Å². The van der Waals surface area contributed by atoms with Crippen LogP contribution in [-0.2, 0) is 16.0 Å². The van der Waals surface area contributed by atoms with Crippen LogP contribution in [0.5, 0.6) is 11.5 Å². The molecule has 7 heteroatoms. The highest BCUT2D eigenvalue weighted by atomic mass is 16.5. The number of methoxy groups -OCH3 is 2. The lowest BCUT2D eigenvalue weighted by Crippen LogP contribution is -2.31. The van der Waals surface area contributed by atoms with E-state index < -0.39 is 5.97 Å². The first-order valence-electron chi connectivity index (χ1n) is 12.2. The number of para-hydroxylation sites is 1. The van der Waals surface area contributed by atoms with Gasteiger partial charge in [0.2, 0.25) is 0 Å². The Morgan fingerprint density at radius 3 is 2.58 bits per heavy atom. The smallest absolute Gasteiger partial charge is 0.339 e. The van der Waals surface area contributed by atoms with Gasteiger partial charge >= 0.3 is 5.97 Å². The van der Waals surface area contributed by atoms with Gasteiger partial charge < -0.3 is 19.5 Å². The Bertz CT molecular complexity index is 1310. The highest BCUT2D eigenvalue weighted by Gasteiger charge is 2.26. The Balaban J connectivity index is 1.72. The van der Waals surface area contributed by atoms with Crippen LogP contribution in [0.4, 0.5) is 0 Å². The number of esters is 1. The quantitative estimate of drug-likeness (QED) is 0.446. The molecule has 1 aromatic heterocycles. The lowest BCUT2D eigenvalue weighted by molar-refractivity contribution is -0.124. The van der Waals surface area contributed by atoms with Crippen molar-refractivity contribution in [2.75, 3.05) is 27.4 Å². The van der Waals surface area contributed by atoms with E-state index >= 15 is 0 Å². The minimum atomic E-state index is -0.503. The summed E-state index contributed by atoms with van der Waals surface area (Å²) < 4.78 is 16.3. The van der Waals surface area contributed by atoms with Gasteiger partial charge in [-0.25, -0.2) is 9.78 Å². The zero-order valence-electron chi connectivity index (χ0n) is 21.2. The average Bonchev–Trinajstić information content (AvgIpc) is 2.89. The molecular formula is C29H32N2O5. The number of fused-ring (bicyclic) bond motifs is 2. The number of aromatic nitrogens is 1. The Kier molecular flexibility index (Phi) is 7.88. The molecule has 3 aromatic rings. The van der Waals surface area contributed by atoms with E-state index in [1.165, 1.54) is 0 Å². The zero-order chi connectivity index (χ0) is 25.7. The molecule has 1 aliphatic carbocycles. The molecule has 2 aromatic carbocycles. The second-order valence-electron chi connectivity index (χ2n) is 9.24. The lowest BCUT2D eigenvalue weighted by Gasteiger charge is -2.22. The van der Waals surface area contributed by atoms with Crippen molar-refractivity contribution in [2.45, 2.75) is 33.1 Å². The third kappa shape index (κ3) is 5.51. The van der Waals surface area contributed by atoms with Gasteiger partial charge in [0.25, 0.3) is 5.91 Å². The van der Waals surface area contributed by atoms with E-state index in [-0.39, 0.29) is 12.5 Å². The van der Waals surface area contributed by atoms with E-state index in [1.54, 1.807) is 14.2 Å². The third-order valence-electron chi connectivity index (χ3n) is 6.16. The number of allylic oxidation sites excluding steroid dienone is 1. The summed E-state index contributed by atoms with van der Waals surface area (Å²) in [5, 5.41) is 3.52. The van der Waals surface area contributed by atoms with Crippen LogP contribution in [0.25, 0.3) is 22.6 Å². The van der Waals surface area contributed by atoms with Gasteiger partial charge in [0.15, 0.2) is 18.1 Å². The molecule has 0 atom stereocenters. The summed E-state index contributed by atoms with van der Waals surface area (Å²) in [5.74, 6) is 0.816. The molecule has 0 unspecified atom stereocenters. The fourth-order valence-electron chi connectivity index (χ4n) is 4.42. The molecule has 0 bridgehead atoms. The first-order chi connectivity index (χ1) is 17.4. The molecule has 1 heterocycles. The average molecular weight is 489 g/mol. The van der Waals surface area contributed by atoms with Crippen molar-refractivity contribution in [3.05, 3.63) is 64.8 Å². The molecule has 0 radical (unpaired) electrons. The van der Waals surface area contributed by atoms with Crippen LogP contribution in [0, 0.1) is 5.92 Å². The van der Waals surface area contributed by atoms with E-state index in [0.29, 0.717) is 41.5 Å². The molecule has 36 heavy (non-hydrogen) atoms. The van der Waals surface area contributed by atoms with Gasteiger partial charge in [-0.15, -0.1) is 0 Å². The zero-order valence-corrected chi connectivity index (χ0v) is 21.2. The van der Waals surface area contributed by atoms with Gasteiger partial charge in [-0.05, 0) is 66.2 Å². The number of carbonyl (C=O) groups is 2. The fourth-order valence-corrected chi connectivity index (χ4v) is 4.42. The van der Waals surface area contributed by atoms with Crippen molar-refractivity contribution in [2.24, 2.45) is 5.92 Å². The molecular weight excluding hydrogens is 456 g/mol. The molecule has 0 fully saturated rings. The van der Waals surface area contributed by atoms with Crippen LogP contribution in [0.2, 0.25) is 0 Å². The monoisotopic (exact) mass is 488 g/mol. The predicted molar refractivity (Wildman–Crippen MR) is 140 cm³/mol. The molecule has 4 rings (SSSR count). The Morgan fingerprint density at radius 2 is 1.83 bits per heavy atom. The summed E-state index contributed by atoms with van der Waals surface area (Å²) in [6.07, 6.45) is 4.50. The topological polar surface area (TPSA) is 86.8 Å². The van der Waals surface area contributed by atoms with E-state index in [4.69, 9.17) is 19.2 Å². The van der Waals surface area contributed by atoms with E-state index in [2.05, 4.69) is 11.4 Å². The second kappa shape index (κ2) is 11.2. The van der Waals surface area contributed by atoms with Crippen molar-refractivity contribution in [3.8, 4) is 11.5 Å². The highest BCUT2D eigenvalue weighted by Crippen LogP contribution is 2.37. The van der Waals surface area contributed by atoms with Crippen LogP contribution in [0.15, 0.2) is 42.5 Å². The van der Waals surface area contributed by atoms with Gasteiger partial charge in [-0.2, -0.15) is 0 Å². The normalized spacial score (nSPS) is 14.0. The summed E-state index contributed by atoms with van der Waals surface area (Å²) in [6.45, 7) is 4.24. The Morgan fingerprint density at radius 1 is 1.06 bits per heavy atom. The molecule has 1 amide bonds. The number of nitrogens with zero attached hydrogens (tertiary/aromatic N) is 1. The van der Waals surface area contributed by atoms with Gasteiger partial charge in [-0.3, -0.25) is 4.79 Å². The standard InChI is InChI=1S/C29H32N2O5/c1-18(2)16-30-26(32)17-36-29(33)27-21-9-5-6-11-23(21)31-28-20(8-7-10-22(27)28)14-19-12-13-24(34-3)25(15-19)35-4/h5-6,9,11-15,18H,7-8,10,16-17H2,1-4H3,(H,30,32)/b20-14+. The number of hydrogen-bond donors (Lipinski definition) is 1. The maximum absolute atomic E-state index is 13.3. The number of nitrogens with one attached hydrogen (secondary N) is 1. The van der Waals surface area contributed by atoms with Gasteiger partial charge in [-0.1, -0.05) is 38.1 Å². The molecule has 0 spiro atoms. The summed E-state index contributed by atoms with van der Waals surface area (Å²) >= 11 is 0. The van der Waals surface area contributed by atoms with Crippen LogP contribution < -0.4 is 14.8 Å².